The van der Waals surface area contributed by atoms with Gasteiger partial charge in [-0.05, 0) is 63.6 Å². The van der Waals surface area contributed by atoms with Crippen LogP contribution in [0.3, 0.4) is 0 Å². The monoisotopic (exact) mass is 284 g/mol. The molecule has 0 unspecified atom stereocenters. The average molecular weight is 285 g/mol. The van der Waals surface area contributed by atoms with Gasteiger partial charge in [-0.3, -0.25) is 0 Å². The first-order chi connectivity index (χ1) is 9.25. The molecule has 0 aliphatic carbocycles. The molecule has 0 spiro atoms. The minimum atomic E-state index is -0.187. The standard InChI is InChI=1S/C15H22ClFN2/c16-14-5-6-15(17)13(11-14)12-18-7-4-10-19-8-2-1-3-9-19/h5-6,11,18H,1-4,7-10,12H2. The molecule has 19 heavy (non-hydrogen) atoms. The van der Waals surface area contributed by atoms with Gasteiger partial charge in [-0.25, -0.2) is 4.39 Å². The zero-order valence-corrected chi connectivity index (χ0v) is 12.1. The average Bonchev–Trinajstić information content (AvgIpc) is 2.43. The van der Waals surface area contributed by atoms with E-state index in [0.29, 0.717) is 17.1 Å². The van der Waals surface area contributed by atoms with Gasteiger partial charge in [0.25, 0.3) is 0 Å². The van der Waals surface area contributed by atoms with Gasteiger partial charge in [-0.1, -0.05) is 18.0 Å². The van der Waals surface area contributed by atoms with Crippen LogP contribution in [0, 0.1) is 5.82 Å². The molecule has 106 valence electrons. The van der Waals surface area contributed by atoms with Crippen LogP contribution in [0.25, 0.3) is 0 Å². The van der Waals surface area contributed by atoms with Crippen molar-refractivity contribution < 1.29 is 4.39 Å². The third-order valence-corrected chi connectivity index (χ3v) is 3.83. The van der Waals surface area contributed by atoms with E-state index in [1.165, 1.54) is 38.4 Å². The Hall–Kier alpha value is -0.640. The van der Waals surface area contributed by atoms with Crippen LogP contribution in [0.1, 0.15) is 31.2 Å². The van der Waals surface area contributed by atoms with Crippen LogP contribution < -0.4 is 5.32 Å². The Morgan fingerprint density at radius 2 is 2.00 bits per heavy atom. The molecule has 0 radical (unpaired) electrons. The fourth-order valence-corrected chi connectivity index (χ4v) is 2.71. The van der Waals surface area contributed by atoms with Gasteiger partial charge in [0.1, 0.15) is 5.82 Å². The third-order valence-electron chi connectivity index (χ3n) is 3.60. The predicted molar refractivity (Wildman–Crippen MR) is 78.0 cm³/mol. The Balaban J connectivity index is 1.62. The van der Waals surface area contributed by atoms with Crippen molar-refractivity contribution >= 4 is 11.6 Å². The van der Waals surface area contributed by atoms with Gasteiger partial charge in [0.2, 0.25) is 0 Å². The summed E-state index contributed by atoms with van der Waals surface area (Å²) in [6.45, 7) is 5.09. The van der Waals surface area contributed by atoms with E-state index < -0.39 is 0 Å². The summed E-state index contributed by atoms with van der Waals surface area (Å²) in [5, 5.41) is 3.87. The molecule has 0 bridgehead atoms. The summed E-state index contributed by atoms with van der Waals surface area (Å²) in [4.78, 5) is 2.52. The lowest BCUT2D eigenvalue weighted by atomic mass is 10.1. The molecule has 2 rings (SSSR count). The lowest BCUT2D eigenvalue weighted by Gasteiger charge is -2.26. The number of rotatable bonds is 6. The normalized spacial score (nSPS) is 16.7. The molecule has 4 heteroatoms. The van der Waals surface area contributed by atoms with Gasteiger partial charge in [-0.15, -0.1) is 0 Å². The highest BCUT2D eigenvalue weighted by molar-refractivity contribution is 6.30. The lowest BCUT2D eigenvalue weighted by Crippen LogP contribution is -2.32. The molecule has 0 aromatic heterocycles. The van der Waals surface area contributed by atoms with Crippen molar-refractivity contribution in [3.8, 4) is 0 Å². The van der Waals surface area contributed by atoms with E-state index in [4.69, 9.17) is 11.6 Å². The second-order valence-electron chi connectivity index (χ2n) is 5.17. The van der Waals surface area contributed by atoms with E-state index in [2.05, 4.69) is 10.2 Å². The number of piperidine rings is 1. The highest BCUT2D eigenvalue weighted by Gasteiger charge is 2.08. The Bertz CT molecular complexity index is 392. The van der Waals surface area contributed by atoms with Crippen molar-refractivity contribution in [2.45, 2.75) is 32.2 Å². The second kappa shape index (κ2) is 7.83. The van der Waals surface area contributed by atoms with E-state index >= 15 is 0 Å². The number of nitrogens with zero attached hydrogens (tertiary/aromatic N) is 1. The van der Waals surface area contributed by atoms with Crippen molar-refractivity contribution in [3.05, 3.63) is 34.6 Å². The fourth-order valence-electron chi connectivity index (χ4n) is 2.51. The van der Waals surface area contributed by atoms with Gasteiger partial charge >= 0.3 is 0 Å². The Labute approximate surface area is 119 Å². The molecular weight excluding hydrogens is 263 g/mol. The van der Waals surface area contributed by atoms with E-state index in [9.17, 15) is 4.39 Å². The van der Waals surface area contributed by atoms with E-state index in [1.807, 2.05) is 0 Å². The third kappa shape index (κ3) is 5.09. The number of hydrogen-bond donors (Lipinski definition) is 1. The van der Waals surface area contributed by atoms with E-state index in [1.54, 1.807) is 12.1 Å². The molecule has 2 nitrogen and oxygen atoms in total. The largest absolute Gasteiger partial charge is 0.313 e. The summed E-state index contributed by atoms with van der Waals surface area (Å²) in [5.41, 5.74) is 0.644. The summed E-state index contributed by atoms with van der Waals surface area (Å²) in [5.74, 6) is -0.187. The van der Waals surface area contributed by atoms with Crippen molar-refractivity contribution in [2.24, 2.45) is 0 Å². The Morgan fingerprint density at radius 3 is 2.79 bits per heavy atom. The SMILES string of the molecule is Fc1ccc(Cl)cc1CNCCCN1CCCCC1. The number of likely N-dealkylation sites (tertiary alicyclic amines) is 1. The molecule has 0 atom stereocenters. The van der Waals surface area contributed by atoms with Crippen molar-refractivity contribution in [2.75, 3.05) is 26.2 Å². The topological polar surface area (TPSA) is 15.3 Å². The fraction of sp³-hybridized carbons (Fsp3) is 0.600. The Morgan fingerprint density at radius 1 is 1.21 bits per heavy atom. The van der Waals surface area contributed by atoms with Crippen LogP contribution in [0.4, 0.5) is 4.39 Å². The minimum absolute atomic E-state index is 0.187. The molecule has 0 amide bonds. The van der Waals surface area contributed by atoms with Crippen molar-refractivity contribution in [1.82, 2.24) is 10.2 Å². The molecule has 1 saturated heterocycles. The lowest BCUT2D eigenvalue weighted by molar-refractivity contribution is 0.225. The van der Waals surface area contributed by atoms with Crippen LogP contribution in [0.5, 0.6) is 0 Å². The van der Waals surface area contributed by atoms with Crippen LogP contribution in [0.2, 0.25) is 5.02 Å². The van der Waals surface area contributed by atoms with Crippen LogP contribution in [-0.2, 0) is 6.54 Å². The number of benzene rings is 1. The highest BCUT2D eigenvalue weighted by Crippen LogP contribution is 2.14. The zero-order valence-electron chi connectivity index (χ0n) is 11.3. The molecule has 1 fully saturated rings. The molecule has 1 aromatic rings. The molecule has 1 N–H and O–H groups in total. The maximum atomic E-state index is 13.5. The van der Waals surface area contributed by atoms with Crippen LogP contribution in [0.15, 0.2) is 18.2 Å². The summed E-state index contributed by atoms with van der Waals surface area (Å²) < 4.78 is 13.5. The smallest absolute Gasteiger partial charge is 0.127 e. The van der Waals surface area contributed by atoms with Crippen LogP contribution in [-0.4, -0.2) is 31.1 Å². The molecule has 1 heterocycles. The first-order valence-corrected chi connectivity index (χ1v) is 7.50. The quantitative estimate of drug-likeness (QED) is 0.805. The van der Waals surface area contributed by atoms with E-state index in [0.717, 1.165) is 19.5 Å². The molecule has 1 aliphatic rings. The molecular formula is C15H22ClFN2. The number of nitrogens with one attached hydrogen (secondary N) is 1. The number of hydrogen-bond acceptors (Lipinski definition) is 2. The van der Waals surface area contributed by atoms with Crippen molar-refractivity contribution in [1.29, 1.82) is 0 Å². The summed E-state index contributed by atoms with van der Waals surface area (Å²) in [6.07, 6.45) is 5.16. The Kier molecular flexibility index (Phi) is 6.08. The maximum absolute atomic E-state index is 13.5. The first kappa shape index (κ1) is 14.8. The molecule has 1 aliphatic heterocycles. The van der Waals surface area contributed by atoms with Crippen LogP contribution >= 0.6 is 11.6 Å². The molecule has 0 saturated carbocycles. The zero-order chi connectivity index (χ0) is 13.5. The van der Waals surface area contributed by atoms with Gasteiger partial charge in [0.15, 0.2) is 0 Å². The first-order valence-electron chi connectivity index (χ1n) is 7.13. The number of halogens is 2. The highest BCUT2D eigenvalue weighted by atomic mass is 35.5. The summed E-state index contributed by atoms with van der Waals surface area (Å²) >= 11 is 5.86. The minimum Gasteiger partial charge on any atom is -0.313 e. The second-order valence-corrected chi connectivity index (χ2v) is 5.60. The summed E-state index contributed by atoms with van der Waals surface area (Å²) in [7, 11) is 0. The maximum Gasteiger partial charge on any atom is 0.127 e. The van der Waals surface area contributed by atoms with E-state index in [-0.39, 0.29) is 5.82 Å². The van der Waals surface area contributed by atoms with Gasteiger partial charge < -0.3 is 10.2 Å². The van der Waals surface area contributed by atoms with Gasteiger partial charge in [0, 0.05) is 17.1 Å². The van der Waals surface area contributed by atoms with Gasteiger partial charge in [0.05, 0.1) is 0 Å². The predicted octanol–water partition coefficient (Wildman–Crippen LogP) is 3.44. The van der Waals surface area contributed by atoms with Crippen molar-refractivity contribution in [3.63, 3.8) is 0 Å². The molecule has 1 aromatic carbocycles. The van der Waals surface area contributed by atoms with Gasteiger partial charge in [-0.2, -0.15) is 0 Å². The summed E-state index contributed by atoms with van der Waals surface area (Å²) in [6, 6.07) is 4.69.